The normalized spacial score (nSPS) is 37.9. The summed E-state index contributed by atoms with van der Waals surface area (Å²) >= 11 is 0. The molecule has 1 aromatic rings. The van der Waals surface area contributed by atoms with Gasteiger partial charge in [-0.2, -0.15) is 0 Å². The Balaban J connectivity index is 1.77. The smallest absolute Gasteiger partial charge is 0.0634 e. The first-order valence-electron chi connectivity index (χ1n) is 8.70. The molecule has 2 N–H and O–H groups in total. The summed E-state index contributed by atoms with van der Waals surface area (Å²) in [5.74, 6) is 2.65. The molecule has 1 saturated heterocycles. The first-order valence-corrected chi connectivity index (χ1v) is 8.70. The van der Waals surface area contributed by atoms with Gasteiger partial charge in [-0.3, -0.25) is 0 Å². The van der Waals surface area contributed by atoms with Crippen molar-refractivity contribution in [1.82, 2.24) is 5.32 Å². The fourth-order valence-electron chi connectivity index (χ4n) is 5.53. The van der Waals surface area contributed by atoms with Gasteiger partial charge in [-0.15, -0.1) is 6.42 Å². The van der Waals surface area contributed by atoms with Gasteiger partial charge in [-0.1, -0.05) is 38.8 Å². The third-order valence-electron chi connectivity index (χ3n) is 5.97. The van der Waals surface area contributed by atoms with Crippen molar-refractivity contribution in [3.05, 3.63) is 35.4 Å². The van der Waals surface area contributed by atoms with Crippen molar-refractivity contribution in [2.75, 3.05) is 13.1 Å². The maximum Gasteiger partial charge on any atom is 0.0634 e. The number of terminal acetylenes is 1. The third-order valence-corrected chi connectivity index (χ3v) is 5.97. The molecule has 124 valence electrons. The van der Waals surface area contributed by atoms with E-state index in [4.69, 9.17) is 6.42 Å². The molecule has 2 fully saturated rings. The molecule has 1 heterocycles. The molecule has 2 nitrogen and oxygen atoms in total. The van der Waals surface area contributed by atoms with E-state index in [2.05, 4.69) is 44.1 Å². The Kier molecular flexibility index (Phi) is 4.07. The quantitative estimate of drug-likeness (QED) is 0.839. The zero-order chi connectivity index (χ0) is 16.7. The summed E-state index contributed by atoms with van der Waals surface area (Å²) in [7, 11) is 0. The SMILES string of the molecule is C#Cc1ccc(CC(O)C2(C)CC3(C)CNCC(C)(C3)C2)cc1. The predicted octanol–water partition coefficient (Wildman–Crippen LogP) is 3.38. The minimum atomic E-state index is -0.309. The highest BCUT2D eigenvalue weighted by atomic mass is 16.3. The molecule has 2 heteroatoms. The minimum absolute atomic E-state index is 0.0192. The van der Waals surface area contributed by atoms with Gasteiger partial charge in [0, 0.05) is 18.7 Å². The van der Waals surface area contributed by atoms with Crippen LogP contribution in [0.5, 0.6) is 0 Å². The van der Waals surface area contributed by atoms with Gasteiger partial charge in [0.15, 0.2) is 0 Å². The van der Waals surface area contributed by atoms with Crippen LogP contribution in [0.4, 0.5) is 0 Å². The van der Waals surface area contributed by atoms with Crippen LogP contribution < -0.4 is 5.32 Å². The number of aliphatic hydroxyl groups is 1. The molecule has 3 rings (SSSR count). The van der Waals surface area contributed by atoms with Gasteiger partial charge in [0.25, 0.3) is 0 Å². The Bertz CT molecular complexity index is 596. The van der Waals surface area contributed by atoms with E-state index in [1.807, 2.05) is 12.1 Å². The lowest BCUT2D eigenvalue weighted by atomic mass is 9.51. The lowest BCUT2D eigenvalue weighted by Crippen LogP contribution is -2.58. The molecule has 1 saturated carbocycles. The summed E-state index contributed by atoms with van der Waals surface area (Å²) in [5.41, 5.74) is 2.65. The maximum atomic E-state index is 11.0. The van der Waals surface area contributed by atoms with Crippen molar-refractivity contribution in [3.63, 3.8) is 0 Å². The van der Waals surface area contributed by atoms with Gasteiger partial charge in [0.2, 0.25) is 0 Å². The van der Waals surface area contributed by atoms with Gasteiger partial charge in [-0.05, 0) is 59.6 Å². The van der Waals surface area contributed by atoms with Gasteiger partial charge >= 0.3 is 0 Å². The molecular weight excluding hydrogens is 282 g/mol. The van der Waals surface area contributed by atoms with Gasteiger partial charge < -0.3 is 10.4 Å². The number of aliphatic hydroxyl groups excluding tert-OH is 1. The molecular formula is C21H29NO. The van der Waals surface area contributed by atoms with E-state index in [1.54, 1.807) is 0 Å². The number of rotatable bonds is 3. The zero-order valence-corrected chi connectivity index (χ0v) is 14.7. The van der Waals surface area contributed by atoms with E-state index < -0.39 is 0 Å². The van der Waals surface area contributed by atoms with Crippen molar-refractivity contribution in [1.29, 1.82) is 0 Å². The van der Waals surface area contributed by atoms with Crippen LogP contribution in [0.25, 0.3) is 0 Å². The van der Waals surface area contributed by atoms with Crippen molar-refractivity contribution in [2.45, 2.75) is 52.6 Å². The highest BCUT2D eigenvalue weighted by Gasteiger charge is 2.53. The fourth-order valence-corrected chi connectivity index (χ4v) is 5.53. The lowest BCUT2D eigenvalue weighted by Gasteiger charge is -2.58. The molecule has 3 atom stereocenters. The van der Waals surface area contributed by atoms with Crippen LogP contribution in [0.2, 0.25) is 0 Å². The number of nitrogens with one attached hydrogen (secondary N) is 1. The highest BCUT2D eigenvalue weighted by molar-refractivity contribution is 5.34. The van der Waals surface area contributed by atoms with Gasteiger partial charge in [0.1, 0.15) is 0 Å². The molecule has 0 aromatic heterocycles. The van der Waals surface area contributed by atoms with Gasteiger partial charge in [0.05, 0.1) is 6.10 Å². The van der Waals surface area contributed by atoms with Crippen LogP contribution >= 0.6 is 0 Å². The molecule has 1 aliphatic carbocycles. The van der Waals surface area contributed by atoms with E-state index in [0.29, 0.717) is 17.3 Å². The van der Waals surface area contributed by atoms with Crippen LogP contribution in [-0.4, -0.2) is 24.3 Å². The van der Waals surface area contributed by atoms with Crippen LogP contribution in [0, 0.1) is 28.6 Å². The van der Waals surface area contributed by atoms with E-state index in [0.717, 1.165) is 31.5 Å². The second kappa shape index (κ2) is 5.65. The first-order chi connectivity index (χ1) is 10.8. The zero-order valence-electron chi connectivity index (χ0n) is 14.7. The van der Waals surface area contributed by atoms with E-state index in [9.17, 15) is 5.11 Å². The molecule has 0 amide bonds. The predicted molar refractivity (Wildman–Crippen MR) is 95.1 cm³/mol. The minimum Gasteiger partial charge on any atom is -0.392 e. The Hall–Kier alpha value is -1.30. The lowest BCUT2D eigenvalue weighted by molar-refractivity contribution is -0.0962. The molecule has 1 aromatic carbocycles. The van der Waals surface area contributed by atoms with Crippen molar-refractivity contribution < 1.29 is 5.11 Å². The standard InChI is InChI=1S/C21H29NO/c1-5-16-6-8-17(9-7-16)10-18(23)21(4)12-19(2)11-20(3,13-21)15-22-14-19/h1,6-9,18,22-23H,10-15H2,2-4H3. The summed E-state index contributed by atoms with van der Waals surface area (Å²) in [6.45, 7) is 9.19. The van der Waals surface area contributed by atoms with E-state index >= 15 is 0 Å². The molecule has 3 unspecified atom stereocenters. The Morgan fingerprint density at radius 2 is 1.65 bits per heavy atom. The number of fused-ring (bicyclic) bond motifs is 2. The Morgan fingerprint density at radius 3 is 2.17 bits per heavy atom. The molecule has 2 aliphatic rings. The van der Waals surface area contributed by atoms with Crippen LogP contribution in [0.15, 0.2) is 24.3 Å². The molecule has 0 spiro atoms. The fraction of sp³-hybridized carbons (Fsp3) is 0.619. The average molecular weight is 311 g/mol. The van der Waals surface area contributed by atoms with Gasteiger partial charge in [-0.25, -0.2) is 0 Å². The number of hydrogen-bond acceptors (Lipinski definition) is 2. The monoisotopic (exact) mass is 311 g/mol. The Labute approximate surface area is 140 Å². The van der Waals surface area contributed by atoms with E-state index in [-0.39, 0.29) is 11.5 Å². The molecule has 2 bridgehead atoms. The van der Waals surface area contributed by atoms with Crippen molar-refractivity contribution in [3.8, 4) is 12.3 Å². The van der Waals surface area contributed by atoms with Crippen LogP contribution in [0.3, 0.4) is 0 Å². The largest absolute Gasteiger partial charge is 0.392 e. The average Bonchev–Trinajstić information content (AvgIpc) is 2.45. The highest BCUT2D eigenvalue weighted by Crippen LogP contribution is 2.57. The summed E-state index contributed by atoms with van der Waals surface area (Å²) < 4.78 is 0. The maximum absolute atomic E-state index is 11.0. The second-order valence-electron chi connectivity index (χ2n) is 8.97. The number of piperidine rings is 1. The summed E-state index contributed by atoms with van der Waals surface area (Å²) in [6, 6.07) is 8.03. The first kappa shape index (κ1) is 16.6. The number of hydrogen-bond donors (Lipinski definition) is 2. The molecule has 0 radical (unpaired) electrons. The molecule has 1 aliphatic heterocycles. The second-order valence-corrected chi connectivity index (χ2v) is 8.97. The van der Waals surface area contributed by atoms with E-state index in [1.165, 1.54) is 12.0 Å². The Morgan fingerprint density at radius 1 is 1.09 bits per heavy atom. The van der Waals surface area contributed by atoms with Crippen molar-refractivity contribution in [2.24, 2.45) is 16.2 Å². The topological polar surface area (TPSA) is 32.3 Å². The van der Waals surface area contributed by atoms with Crippen LogP contribution in [0.1, 0.15) is 51.2 Å². The summed E-state index contributed by atoms with van der Waals surface area (Å²) in [6.07, 6.45) is 9.26. The summed E-state index contributed by atoms with van der Waals surface area (Å²) in [4.78, 5) is 0. The number of benzene rings is 1. The van der Waals surface area contributed by atoms with Crippen LogP contribution in [-0.2, 0) is 6.42 Å². The van der Waals surface area contributed by atoms with Crippen molar-refractivity contribution >= 4 is 0 Å². The molecule has 23 heavy (non-hydrogen) atoms. The summed E-state index contributed by atoms with van der Waals surface area (Å²) in [5, 5.41) is 14.6. The third kappa shape index (κ3) is 3.32.